The molecule has 0 unspecified atom stereocenters. The van der Waals surface area contributed by atoms with Gasteiger partial charge in [0, 0.05) is 40.5 Å². The molecule has 0 saturated heterocycles. The van der Waals surface area contributed by atoms with Crippen molar-refractivity contribution in [1.82, 2.24) is 0 Å². The van der Waals surface area contributed by atoms with E-state index in [2.05, 4.69) is 0 Å². The van der Waals surface area contributed by atoms with Crippen LogP contribution in [0.4, 0.5) is 0 Å². The van der Waals surface area contributed by atoms with Gasteiger partial charge in [-0.3, -0.25) is 0 Å². The molecule has 0 rings (SSSR count). The molecule has 0 aliphatic rings. The first-order chi connectivity index (χ1) is 1.00. The summed E-state index contributed by atoms with van der Waals surface area (Å²) in [6, 6.07) is 0. The van der Waals surface area contributed by atoms with E-state index in [1.54, 1.807) is 0 Å². The van der Waals surface area contributed by atoms with Crippen LogP contribution >= 0.6 is 0 Å². The second kappa shape index (κ2) is 21.2. The van der Waals surface area contributed by atoms with Crippen molar-refractivity contribution in [3.05, 3.63) is 0 Å². The van der Waals surface area contributed by atoms with Gasteiger partial charge >= 0.3 is 23.7 Å². The molecular weight excluding hydrogens is 360 g/mol. The van der Waals surface area contributed by atoms with Crippen LogP contribution < -0.4 is 0 Å². The fraction of sp³-hybridized carbons (Fsp3) is 0. The van der Waals surface area contributed by atoms with Crippen molar-refractivity contribution < 1.29 is 64.3 Å². The Bertz CT molecular complexity index is 8.00. The van der Waals surface area contributed by atoms with Crippen LogP contribution in [0.15, 0.2) is 0 Å². The summed E-state index contributed by atoms with van der Waals surface area (Å²) in [5.74, 6) is 0. The molecule has 4 heavy (non-hydrogen) atoms. The predicted octanol–water partition coefficient (Wildman–Crippen LogP) is -0.126. The van der Waals surface area contributed by atoms with E-state index in [-0.39, 0.29) is 40.5 Å². The van der Waals surface area contributed by atoms with Crippen LogP contribution in [0.2, 0.25) is 0 Å². The molecule has 0 aliphatic carbocycles. The average Bonchev–Trinajstić information content (AvgIpc) is 1.00. The first-order valence-electron chi connectivity index (χ1n) is 0.204. The molecule has 28 valence electrons. The van der Waals surface area contributed by atoms with Crippen LogP contribution in [-0.2, 0) is 64.3 Å². The van der Waals surface area contributed by atoms with Crippen LogP contribution in [0.5, 0.6) is 0 Å². The predicted molar refractivity (Wildman–Crippen MR) is 0.686 cm³/mol. The summed E-state index contributed by atoms with van der Waals surface area (Å²) < 4.78 is 8.25. The maximum Gasteiger partial charge on any atom is 0 e. The van der Waals surface area contributed by atoms with Gasteiger partial charge in [0.1, 0.15) is 0 Å². The molecule has 0 N–H and O–H groups in total. The fourth-order valence-corrected chi connectivity index (χ4v) is 0. The van der Waals surface area contributed by atoms with E-state index in [0.29, 0.717) is 0 Å². The van der Waals surface area contributed by atoms with Crippen molar-refractivity contribution >= 4 is 0 Å². The molecule has 4 heteroatoms. The summed E-state index contributed by atoms with van der Waals surface area (Å²) in [6.45, 7) is 0. The zero-order valence-electron chi connectivity index (χ0n) is 1.58. The van der Waals surface area contributed by atoms with Crippen LogP contribution in [0, 0.1) is 0 Å². The Kier molecular flexibility index (Phi) is 90.0. The summed E-state index contributed by atoms with van der Waals surface area (Å²) in [4.78, 5) is 0. The summed E-state index contributed by atoms with van der Waals surface area (Å²) >= 11 is 0.750. The van der Waals surface area contributed by atoms with Gasteiger partial charge in [0.25, 0.3) is 0 Å². The molecular formula is OPtRuTi. The molecule has 0 amide bonds. The van der Waals surface area contributed by atoms with E-state index in [9.17, 15) is 0 Å². The third-order valence-electron chi connectivity index (χ3n) is 0. The van der Waals surface area contributed by atoms with E-state index in [1.165, 1.54) is 0 Å². The molecule has 0 fully saturated rings. The molecule has 0 spiro atoms. The Balaban J connectivity index is -0.00000000500. The molecule has 0 radical (unpaired) electrons. The van der Waals surface area contributed by atoms with Crippen molar-refractivity contribution in [3.8, 4) is 0 Å². The fourth-order valence-electron chi connectivity index (χ4n) is 0. The second-order valence-corrected chi connectivity index (χ2v) is 0. The molecule has 0 aliphatic heterocycles. The normalized spacial score (nSPS) is 0.750. The Morgan fingerprint density at radius 1 is 1.25 bits per heavy atom. The molecule has 1 nitrogen and oxygen atoms in total. The summed E-state index contributed by atoms with van der Waals surface area (Å²) in [7, 11) is 0. The van der Waals surface area contributed by atoms with Gasteiger partial charge < -0.3 is 0 Å². The number of hydrogen-bond donors (Lipinski definition) is 0. The number of rotatable bonds is 0. The SMILES string of the molecule is [O]=[Ti].[Pt].[Ru]. The molecule has 0 heterocycles. The Labute approximate surface area is 63.7 Å². The van der Waals surface area contributed by atoms with Gasteiger partial charge in [-0.05, 0) is 0 Å². The minimum atomic E-state index is 0. The molecule has 0 aromatic rings. The quantitative estimate of drug-likeness (QED) is 0.551. The zero-order valence-corrected chi connectivity index (χ0v) is 7.15. The van der Waals surface area contributed by atoms with Gasteiger partial charge in [0.2, 0.25) is 0 Å². The van der Waals surface area contributed by atoms with Crippen LogP contribution in [0.25, 0.3) is 0 Å². The van der Waals surface area contributed by atoms with Crippen LogP contribution in [0.1, 0.15) is 0 Å². The standard InChI is InChI=1S/O.Pt.Ru.Ti. The Morgan fingerprint density at radius 2 is 1.25 bits per heavy atom. The van der Waals surface area contributed by atoms with Crippen LogP contribution in [0.3, 0.4) is 0 Å². The van der Waals surface area contributed by atoms with E-state index < -0.39 is 0 Å². The third kappa shape index (κ3) is 9.16. The van der Waals surface area contributed by atoms with Crippen molar-refractivity contribution in [2.75, 3.05) is 0 Å². The number of hydrogen-bond acceptors (Lipinski definition) is 1. The van der Waals surface area contributed by atoms with Gasteiger partial charge in [-0.2, -0.15) is 0 Å². The Morgan fingerprint density at radius 3 is 1.25 bits per heavy atom. The largest absolute Gasteiger partial charge is 0 e. The monoisotopic (exact) mass is 361 g/mol. The van der Waals surface area contributed by atoms with Crippen molar-refractivity contribution in [2.45, 2.75) is 0 Å². The van der Waals surface area contributed by atoms with E-state index in [1.807, 2.05) is 0 Å². The minimum absolute atomic E-state index is 0. The van der Waals surface area contributed by atoms with Crippen molar-refractivity contribution in [1.29, 1.82) is 0 Å². The average molecular weight is 360 g/mol. The van der Waals surface area contributed by atoms with Crippen LogP contribution in [-0.4, -0.2) is 0 Å². The van der Waals surface area contributed by atoms with E-state index in [0.717, 1.165) is 20.4 Å². The maximum atomic E-state index is 8.25. The van der Waals surface area contributed by atoms with Gasteiger partial charge in [0.15, 0.2) is 0 Å². The molecule has 0 bridgehead atoms. The van der Waals surface area contributed by atoms with Gasteiger partial charge in [-0.15, -0.1) is 0 Å². The first kappa shape index (κ1) is 17.0. The zero-order chi connectivity index (χ0) is 2.00. The summed E-state index contributed by atoms with van der Waals surface area (Å²) in [6.07, 6.45) is 0. The summed E-state index contributed by atoms with van der Waals surface area (Å²) in [5, 5.41) is 0. The van der Waals surface area contributed by atoms with E-state index >= 15 is 0 Å². The van der Waals surface area contributed by atoms with E-state index in [4.69, 9.17) is 3.32 Å². The second-order valence-electron chi connectivity index (χ2n) is 0. The third-order valence-corrected chi connectivity index (χ3v) is 0. The van der Waals surface area contributed by atoms with Gasteiger partial charge in [-0.1, -0.05) is 0 Å². The topological polar surface area (TPSA) is 17.1 Å². The Hall–Kier alpha value is 1.83. The van der Waals surface area contributed by atoms with Gasteiger partial charge in [-0.25, -0.2) is 0 Å². The van der Waals surface area contributed by atoms with Crippen molar-refractivity contribution in [2.24, 2.45) is 0 Å². The van der Waals surface area contributed by atoms with Crippen molar-refractivity contribution in [3.63, 3.8) is 0 Å². The first-order valence-corrected chi connectivity index (χ1v) is 0.842. The molecule has 0 aromatic heterocycles. The molecule has 0 saturated carbocycles. The smallest absolute Gasteiger partial charge is 0 e. The minimum Gasteiger partial charge on any atom is 0 e. The summed E-state index contributed by atoms with van der Waals surface area (Å²) in [5.41, 5.74) is 0. The van der Waals surface area contributed by atoms with Gasteiger partial charge in [0.05, 0.1) is 0 Å². The maximum absolute atomic E-state index is 8.25. The molecule has 0 aromatic carbocycles. The molecule has 0 atom stereocenters.